The molecule has 1 fully saturated rings. The number of halogens is 1. The van der Waals surface area contributed by atoms with E-state index in [1.54, 1.807) is 29.2 Å². The fourth-order valence-electron chi connectivity index (χ4n) is 3.64. The van der Waals surface area contributed by atoms with Gasteiger partial charge in [-0.25, -0.2) is 4.39 Å². The number of carbonyl (C=O) groups excluding carboxylic acids is 2. The van der Waals surface area contributed by atoms with Gasteiger partial charge in [-0.05, 0) is 43.2 Å². The van der Waals surface area contributed by atoms with Gasteiger partial charge in [0, 0.05) is 30.2 Å². The number of amides is 2. The second-order valence-electron chi connectivity index (χ2n) is 7.05. The summed E-state index contributed by atoms with van der Waals surface area (Å²) in [5.74, 6) is -0.968. The molecule has 6 nitrogen and oxygen atoms in total. The summed E-state index contributed by atoms with van der Waals surface area (Å²) in [5, 5.41) is 3.29. The third kappa shape index (κ3) is 3.89. The van der Waals surface area contributed by atoms with Crippen LogP contribution in [0.15, 0.2) is 59.4 Å². The molecule has 7 heteroatoms. The first-order valence-corrected chi connectivity index (χ1v) is 9.50. The summed E-state index contributed by atoms with van der Waals surface area (Å²) in [6.45, 7) is 1.17. The number of pyridine rings is 1. The van der Waals surface area contributed by atoms with E-state index >= 15 is 0 Å². The summed E-state index contributed by atoms with van der Waals surface area (Å²) < 4.78 is 14.4. The number of nitrogens with one attached hydrogen (secondary N) is 1. The highest BCUT2D eigenvalue weighted by Crippen LogP contribution is 2.21. The van der Waals surface area contributed by atoms with Gasteiger partial charge in [-0.2, -0.15) is 0 Å². The summed E-state index contributed by atoms with van der Waals surface area (Å²) in [6.07, 6.45) is 1.93. The molecular weight excluding hydrogens is 373 g/mol. The Hall–Kier alpha value is -3.48. The summed E-state index contributed by atoms with van der Waals surface area (Å²) in [6, 6.07) is 13.8. The smallest absolute Gasteiger partial charge is 0.254 e. The topological polar surface area (TPSA) is 71.4 Å². The monoisotopic (exact) mass is 393 g/mol. The van der Waals surface area contributed by atoms with Gasteiger partial charge in [0.25, 0.3) is 11.5 Å². The van der Waals surface area contributed by atoms with Gasteiger partial charge < -0.3 is 10.2 Å². The second-order valence-corrected chi connectivity index (χ2v) is 7.05. The average Bonchev–Trinajstić information content (AvgIpc) is 3.26. The van der Waals surface area contributed by atoms with E-state index in [0.29, 0.717) is 35.2 Å². The minimum atomic E-state index is -0.416. The lowest BCUT2D eigenvalue weighted by Crippen LogP contribution is -2.32. The van der Waals surface area contributed by atoms with Crippen LogP contribution in [0.3, 0.4) is 0 Å². The van der Waals surface area contributed by atoms with Crippen molar-refractivity contribution in [2.75, 3.05) is 18.4 Å². The Balaban J connectivity index is 1.66. The Morgan fingerprint density at radius 2 is 1.69 bits per heavy atom. The number of likely N-dealkylation sites (tertiary alicyclic amines) is 1. The van der Waals surface area contributed by atoms with E-state index in [4.69, 9.17) is 0 Å². The van der Waals surface area contributed by atoms with E-state index in [1.165, 1.54) is 34.9 Å². The zero-order chi connectivity index (χ0) is 20.4. The van der Waals surface area contributed by atoms with Crippen molar-refractivity contribution >= 4 is 28.4 Å². The molecule has 1 aliphatic heterocycles. The minimum absolute atomic E-state index is 0.154. The lowest BCUT2D eigenvalue weighted by Gasteiger charge is -2.18. The number of para-hydroxylation sites is 1. The maximum Gasteiger partial charge on any atom is 0.254 e. The molecule has 0 spiro atoms. The van der Waals surface area contributed by atoms with Gasteiger partial charge in [0.2, 0.25) is 5.91 Å². The van der Waals surface area contributed by atoms with E-state index < -0.39 is 17.3 Å². The summed E-state index contributed by atoms with van der Waals surface area (Å²) in [7, 11) is 0. The number of hydrogen-bond acceptors (Lipinski definition) is 3. The zero-order valence-corrected chi connectivity index (χ0v) is 15.7. The fraction of sp³-hybridized carbons (Fsp3) is 0.227. The molecule has 1 aromatic heterocycles. The highest BCUT2D eigenvalue weighted by Gasteiger charge is 2.23. The van der Waals surface area contributed by atoms with Gasteiger partial charge in [-0.15, -0.1) is 0 Å². The molecule has 1 aliphatic rings. The summed E-state index contributed by atoms with van der Waals surface area (Å²) in [4.78, 5) is 39.9. The van der Waals surface area contributed by atoms with Gasteiger partial charge in [-0.1, -0.05) is 18.2 Å². The molecule has 0 atom stereocenters. The number of rotatable bonds is 4. The molecule has 0 radical (unpaired) electrons. The Morgan fingerprint density at radius 1 is 1.00 bits per heavy atom. The van der Waals surface area contributed by atoms with Crippen LogP contribution in [0.5, 0.6) is 0 Å². The van der Waals surface area contributed by atoms with Crippen LogP contribution in [0.2, 0.25) is 0 Å². The first kappa shape index (κ1) is 18.9. The van der Waals surface area contributed by atoms with Crippen molar-refractivity contribution in [1.29, 1.82) is 0 Å². The predicted octanol–water partition coefficient (Wildman–Crippen LogP) is 3.02. The molecule has 0 unspecified atom stereocenters. The molecule has 2 aromatic carbocycles. The van der Waals surface area contributed by atoms with E-state index in [0.717, 1.165) is 12.8 Å². The number of fused-ring (bicyclic) bond motifs is 1. The van der Waals surface area contributed by atoms with Crippen LogP contribution < -0.4 is 10.9 Å². The van der Waals surface area contributed by atoms with Crippen molar-refractivity contribution in [3.8, 4) is 0 Å². The quantitative estimate of drug-likeness (QED) is 0.741. The van der Waals surface area contributed by atoms with Crippen LogP contribution in [0.25, 0.3) is 10.9 Å². The van der Waals surface area contributed by atoms with Crippen molar-refractivity contribution in [3.63, 3.8) is 0 Å². The third-order valence-corrected chi connectivity index (χ3v) is 5.07. The molecule has 29 heavy (non-hydrogen) atoms. The van der Waals surface area contributed by atoms with Gasteiger partial charge in [-0.3, -0.25) is 19.0 Å². The van der Waals surface area contributed by atoms with Crippen LogP contribution in [0, 0.1) is 5.82 Å². The van der Waals surface area contributed by atoms with Gasteiger partial charge in [0.1, 0.15) is 12.4 Å². The van der Waals surface area contributed by atoms with Crippen LogP contribution in [0.4, 0.5) is 10.1 Å². The number of nitrogens with zero attached hydrogens (tertiary/aromatic N) is 2. The van der Waals surface area contributed by atoms with Crippen molar-refractivity contribution in [2.45, 2.75) is 19.4 Å². The number of carbonyl (C=O) groups is 2. The van der Waals surface area contributed by atoms with Gasteiger partial charge >= 0.3 is 0 Å². The van der Waals surface area contributed by atoms with Crippen LogP contribution >= 0.6 is 0 Å². The maximum atomic E-state index is 13.0. The van der Waals surface area contributed by atoms with Gasteiger partial charge in [0.05, 0.1) is 11.1 Å². The first-order chi connectivity index (χ1) is 14.0. The van der Waals surface area contributed by atoms with E-state index in [1.807, 2.05) is 0 Å². The molecule has 4 rings (SSSR count). The molecule has 0 bridgehead atoms. The Bertz CT molecular complexity index is 1130. The largest absolute Gasteiger partial charge is 0.339 e. The molecule has 3 aromatic rings. The first-order valence-electron chi connectivity index (χ1n) is 9.50. The SMILES string of the molecule is O=C(Cn1c(=O)cc(C(=O)N2CCCC2)c2ccccc21)Nc1ccc(F)cc1. The van der Waals surface area contributed by atoms with Crippen molar-refractivity contribution in [1.82, 2.24) is 9.47 Å². The van der Waals surface area contributed by atoms with E-state index in [2.05, 4.69) is 5.32 Å². The molecule has 1 saturated heterocycles. The molecule has 2 heterocycles. The van der Waals surface area contributed by atoms with E-state index in [9.17, 15) is 18.8 Å². The standard InChI is InChI=1S/C22H20FN3O3/c23-15-7-9-16(10-8-15)24-20(27)14-26-19-6-2-1-5-17(19)18(13-21(26)28)22(29)25-11-3-4-12-25/h1-2,5-10,13H,3-4,11-12,14H2,(H,24,27). The molecule has 148 valence electrons. The Kier molecular flexibility index (Phi) is 5.12. The normalized spacial score (nSPS) is 13.6. The molecule has 1 N–H and O–H groups in total. The van der Waals surface area contributed by atoms with Crippen LogP contribution in [-0.4, -0.2) is 34.4 Å². The lowest BCUT2D eigenvalue weighted by molar-refractivity contribution is -0.116. The summed E-state index contributed by atoms with van der Waals surface area (Å²) >= 11 is 0. The lowest BCUT2D eigenvalue weighted by atomic mass is 10.1. The Labute approximate surface area is 166 Å². The number of benzene rings is 2. The molecule has 2 amide bonds. The number of hydrogen-bond donors (Lipinski definition) is 1. The highest BCUT2D eigenvalue weighted by molar-refractivity contribution is 6.06. The highest BCUT2D eigenvalue weighted by atomic mass is 19.1. The van der Waals surface area contributed by atoms with Crippen molar-refractivity contribution in [2.24, 2.45) is 0 Å². The average molecular weight is 393 g/mol. The van der Waals surface area contributed by atoms with Gasteiger partial charge in [0.15, 0.2) is 0 Å². The van der Waals surface area contributed by atoms with E-state index in [-0.39, 0.29) is 12.5 Å². The maximum absolute atomic E-state index is 13.0. The third-order valence-electron chi connectivity index (χ3n) is 5.07. The molecule has 0 saturated carbocycles. The minimum Gasteiger partial charge on any atom is -0.339 e. The van der Waals surface area contributed by atoms with Crippen LogP contribution in [-0.2, 0) is 11.3 Å². The number of aromatic nitrogens is 1. The second kappa shape index (κ2) is 7.87. The predicted molar refractivity (Wildman–Crippen MR) is 108 cm³/mol. The number of anilines is 1. The zero-order valence-electron chi connectivity index (χ0n) is 15.7. The Morgan fingerprint density at radius 3 is 2.41 bits per heavy atom. The molecular formula is C22H20FN3O3. The van der Waals surface area contributed by atoms with Crippen molar-refractivity contribution < 1.29 is 14.0 Å². The molecule has 0 aliphatic carbocycles. The summed E-state index contributed by atoms with van der Waals surface area (Å²) in [5.41, 5.74) is 0.912. The van der Waals surface area contributed by atoms with Crippen LogP contribution in [0.1, 0.15) is 23.2 Å². The van der Waals surface area contributed by atoms with Crippen molar-refractivity contribution in [3.05, 3.63) is 76.3 Å². The fourth-order valence-corrected chi connectivity index (χ4v) is 3.64.